The van der Waals surface area contributed by atoms with Crippen LogP contribution in [0.4, 0.5) is 28.0 Å². The minimum atomic E-state index is -4.86. The number of para-hydroxylation sites is 1. The molecule has 0 aliphatic rings. The van der Waals surface area contributed by atoms with E-state index >= 15 is 0 Å². The molecule has 2 heterocycles. The molecule has 0 radical (unpaired) electrons. The van der Waals surface area contributed by atoms with E-state index in [0.29, 0.717) is 11.6 Å². The molecule has 0 unspecified atom stereocenters. The van der Waals surface area contributed by atoms with Gasteiger partial charge < -0.3 is 19.5 Å². The van der Waals surface area contributed by atoms with Crippen molar-refractivity contribution in [2.24, 2.45) is 0 Å². The van der Waals surface area contributed by atoms with Crippen LogP contribution in [0.5, 0.6) is 5.88 Å². The molecular weight excluding hydrogens is 756 g/mol. The van der Waals surface area contributed by atoms with E-state index in [-0.39, 0.29) is 23.7 Å². The lowest BCUT2D eigenvalue weighted by Crippen LogP contribution is -2.47. The predicted octanol–water partition coefficient (Wildman–Crippen LogP) is 5.87. The van der Waals surface area contributed by atoms with Gasteiger partial charge in [0.05, 0.1) is 18.3 Å². The number of hydrogen-bond donors (Lipinski definition) is 2. The van der Waals surface area contributed by atoms with Crippen molar-refractivity contribution in [1.29, 1.82) is 0 Å². The molecule has 0 fully saturated rings. The number of carbonyl (C=O) groups excluding carboxylic acids is 4. The summed E-state index contributed by atoms with van der Waals surface area (Å²) in [5, 5.41) is 8.24. The van der Waals surface area contributed by atoms with Crippen molar-refractivity contribution in [3.8, 4) is 23.0 Å². The number of rotatable bonds is 14. The molecule has 0 aliphatic carbocycles. The van der Waals surface area contributed by atoms with Crippen LogP contribution in [0.25, 0.3) is 17.1 Å². The third-order valence-electron chi connectivity index (χ3n) is 7.75. The van der Waals surface area contributed by atoms with Gasteiger partial charge in [-0.25, -0.2) is 18.9 Å². The molecule has 1 atom stereocenters. The van der Waals surface area contributed by atoms with Gasteiger partial charge in [-0.1, -0.05) is 48.5 Å². The minimum Gasteiger partial charge on any atom is -0.469 e. The van der Waals surface area contributed by atoms with Crippen LogP contribution in [-0.2, 0) is 43.2 Å². The summed E-state index contributed by atoms with van der Waals surface area (Å²) < 4.78 is 72.4. The molecule has 298 valence electrons. The minimum absolute atomic E-state index is 0.126. The first-order valence-electron chi connectivity index (χ1n) is 17.2. The summed E-state index contributed by atoms with van der Waals surface area (Å²) >= 11 is 0. The van der Waals surface area contributed by atoms with Crippen molar-refractivity contribution in [3.63, 3.8) is 0 Å². The quantitative estimate of drug-likeness (QED) is 0.102. The highest BCUT2D eigenvalue weighted by Crippen LogP contribution is 2.32. The monoisotopic (exact) mass is 792 g/mol. The van der Waals surface area contributed by atoms with Gasteiger partial charge in [0.15, 0.2) is 18.1 Å². The van der Waals surface area contributed by atoms with Gasteiger partial charge in [-0.05, 0) is 62.7 Å². The molecule has 18 heteroatoms. The predicted molar refractivity (Wildman–Crippen MR) is 196 cm³/mol. The highest BCUT2D eigenvalue weighted by Gasteiger charge is 2.36. The number of esters is 1. The summed E-state index contributed by atoms with van der Waals surface area (Å²) in [6.07, 6.45) is -5.58. The molecule has 3 aromatic carbocycles. The van der Waals surface area contributed by atoms with Crippen LogP contribution in [0.1, 0.15) is 38.4 Å². The number of anilines is 1. The number of halogens is 4. The maximum absolute atomic E-state index is 13.8. The van der Waals surface area contributed by atoms with E-state index in [1.54, 1.807) is 69.3 Å². The van der Waals surface area contributed by atoms with Gasteiger partial charge >= 0.3 is 18.2 Å². The Labute approximate surface area is 322 Å². The number of carbonyl (C=O) groups is 4. The molecule has 5 rings (SSSR count). The molecular formula is C39H36F4N6O8. The van der Waals surface area contributed by atoms with Crippen molar-refractivity contribution in [2.45, 2.75) is 58.2 Å². The zero-order chi connectivity index (χ0) is 41.3. The Bertz CT molecular complexity index is 2270. The number of alkyl halides is 3. The van der Waals surface area contributed by atoms with Crippen LogP contribution in [0.15, 0.2) is 102 Å². The lowest BCUT2D eigenvalue weighted by Gasteiger charge is -2.23. The Morgan fingerprint density at radius 1 is 0.895 bits per heavy atom. The first-order chi connectivity index (χ1) is 27.0. The van der Waals surface area contributed by atoms with E-state index < -0.39 is 89.8 Å². The van der Waals surface area contributed by atoms with Gasteiger partial charge in [-0.15, -0.1) is 0 Å². The third-order valence-corrected chi connectivity index (χ3v) is 7.75. The summed E-state index contributed by atoms with van der Waals surface area (Å²) in [4.78, 5) is 70.8. The summed E-state index contributed by atoms with van der Waals surface area (Å²) in [5.41, 5.74) is -2.59. The van der Waals surface area contributed by atoms with Crippen LogP contribution in [0, 0.1) is 5.82 Å². The third kappa shape index (κ3) is 11.6. The van der Waals surface area contributed by atoms with Gasteiger partial charge in [0.1, 0.15) is 42.1 Å². The Kier molecular flexibility index (Phi) is 12.9. The number of hydrogen-bond acceptors (Lipinski definition) is 10. The number of amides is 2. The summed E-state index contributed by atoms with van der Waals surface area (Å²) in [6.45, 7) is 2.81. The van der Waals surface area contributed by atoms with Gasteiger partial charge in [0.2, 0.25) is 11.8 Å². The van der Waals surface area contributed by atoms with E-state index in [0.717, 1.165) is 27.6 Å². The smallest absolute Gasteiger partial charge is 0.435 e. The highest BCUT2D eigenvalue weighted by atomic mass is 19.4. The number of Topliss-reactive ketones (excluding diaryl/α,β-unsaturated/α-hetero) is 1. The number of nitrogens with zero attached hydrogens (tertiary/aromatic N) is 4. The zero-order valence-corrected chi connectivity index (χ0v) is 30.7. The Hall–Kier alpha value is -6.85. The molecule has 0 saturated heterocycles. The number of ether oxygens (including phenoxy) is 3. The Morgan fingerprint density at radius 3 is 2.18 bits per heavy atom. The Balaban J connectivity index is 1.40. The van der Waals surface area contributed by atoms with Crippen LogP contribution < -0.4 is 20.9 Å². The van der Waals surface area contributed by atoms with Crippen molar-refractivity contribution in [1.82, 2.24) is 24.6 Å². The molecule has 2 amide bonds. The normalized spacial score (nSPS) is 12.0. The summed E-state index contributed by atoms with van der Waals surface area (Å²) in [5.74, 6) is -4.08. The molecule has 0 saturated carbocycles. The maximum Gasteiger partial charge on any atom is 0.435 e. The molecule has 0 bridgehead atoms. The van der Waals surface area contributed by atoms with Crippen LogP contribution in [0.3, 0.4) is 0 Å². The van der Waals surface area contributed by atoms with E-state index in [2.05, 4.69) is 20.7 Å². The SMILES string of the molecule is CC(C)(C)OC(=O)C[C@H](NC(=O)Cn1c(-c2ccc(F)cc2)ncc(NC(=O)OCc2ccccc2)c1=O)C(=O)COc1cc(C(F)(F)F)nn1-c1ccccc1. The Morgan fingerprint density at radius 2 is 1.54 bits per heavy atom. The number of benzene rings is 3. The van der Waals surface area contributed by atoms with Gasteiger partial charge in [-0.2, -0.15) is 18.3 Å². The number of nitrogens with one attached hydrogen (secondary N) is 2. The van der Waals surface area contributed by atoms with E-state index in [1.165, 1.54) is 24.3 Å². The second kappa shape index (κ2) is 17.7. The lowest BCUT2D eigenvalue weighted by molar-refractivity contribution is -0.156. The fourth-order valence-corrected chi connectivity index (χ4v) is 5.21. The van der Waals surface area contributed by atoms with E-state index in [4.69, 9.17) is 14.2 Å². The van der Waals surface area contributed by atoms with Crippen LogP contribution in [0.2, 0.25) is 0 Å². The fourth-order valence-electron chi connectivity index (χ4n) is 5.21. The zero-order valence-electron chi connectivity index (χ0n) is 30.7. The summed E-state index contributed by atoms with van der Waals surface area (Å²) in [6, 6.07) is 20.1. The highest BCUT2D eigenvalue weighted by molar-refractivity contribution is 5.93. The molecule has 14 nitrogen and oxygen atoms in total. The van der Waals surface area contributed by atoms with Crippen molar-refractivity contribution < 1.29 is 51.0 Å². The number of aromatic nitrogens is 4. The van der Waals surface area contributed by atoms with Crippen molar-refractivity contribution >= 4 is 29.4 Å². The average molecular weight is 793 g/mol. The molecule has 0 aliphatic heterocycles. The molecule has 57 heavy (non-hydrogen) atoms. The second-order valence-corrected chi connectivity index (χ2v) is 13.4. The van der Waals surface area contributed by atoms with E-state index in [9.17, 15) is 41.5 Å². The first kappa shape index (κ1) is 41.3. The number of ketones is 1. The van der Waals surface area contributed by atoms with Gasteiger partial charge in [0.25, 0.3) is 5.56 Å². The average Bonchev–Trinajstić information content (AvgIpc) is 3.60. The van der Waals surface area contributed by atoms with Crippen LogP contribution in [-0.4, -0.2) is 61.3 Å². The largest absolute Gasteiger partial charge is 0.469 e. The van der Waals surface area contributed by atoms with E-state index in [1.807, 2.05) is 0 Å². The molecule has 2 N–H and O–H groups in total. The van der Waals surface area contributed by atoms with Gasteiger partial charge in [-0.3, -0.25) is 29.1 Å². The second-order valence-electron chi connectivity index (χ2n) is 13.4. The summed E-state index contributed by atoms with van der Waals surface area (Å²) in [7, 11) is 0. The molecule has 0 spiro atoms. The van der Waals surface area contributed by atoms with Crippen molar-refractivity contribution in [2.75, 3.05) is 11.9 Å². The standard InChI is InChI=1S/C39H36F4N6O8/c1-38(2,3)57-34(52)18-28(30(50)23-55-33-19-31(39(41,42)43)47-49(33)27-12-8-5-9-13-27)45-32(51)21-48-35(25-14-16-26(40)17-15-25)44-20-29(36(48)53)46-37(54)56-22-24-10-6-4-7-11-24/h4-17,19-20,28H,18,21-23H2,1-3H3,(H,45,51)(H,46,54)/t28-/m0/s1. The molecule has 5 aromatic rings. The topological polar surface area (TPSA) is 173 Å². The first-order valence-corrected chi connectivity index (χ1v) is 17.2. The van der Waals surface area contributed by atoms with Gasteiger partial charge in [0, 0.05) is 11.6 Å². The fraction of sp³-hybridized carbons (Fsp3) is 0.256. The molecule has 2 aromatic heterocycles. The van der Waals surface area contributed by atoms with Crippen molar-refractivity contribution in [3.05, 3.63) is 125 Å². The maximum atomic E-state index is 13.8. The lowest BCUT2D eigenvalue weighted by atomic mass is 10.1. The van der Waals surface area contributed by atoms with Crippen LogP contribution >= 0.6 is 0 Å².